The molecule has 0 aromatic heterocycles. The molecule has 3 heteroatoms. The van der Waals surface area contributed by atoms with Gasteiger partial charge in [-0.05, 0) is 48.8 Å². The summed E-state index contributed by atoms with van der Waals surface area (Å²) in [4.78, 5) is 0. The van der Waals surface area contributed by atoms with Crippen molar-refractivity contribution in [3.8, 4) is 6.07 Å². The number of nitrogens with zero attached hydrogens (tertiary/aromatic N) is 1. The zero-order valence-corrected chi connectivity index (χ0v) is 13.4. The Labute approximate surface area is 124 Å². The Bertz CT molecular complexity index is 502. The number of nitriles is 1. The highest BCUT2D eigenvalue weighted by molar-refractivity contribution is 9.10. The maximum atomic E-state index is 9.18. The first-order valence-corrected chi connectivity index (χ1v) is 7.67. The van der Waals surface area contributed by atoms with Gasteiger partial charge in [0.1, 0.15) is 6.07 Å². The van der Waals surface area contributed by atoms with Crippen molar-refractivity contribution in [1.29, 1.82) is 5.26 Å². The Morgan fingerprint density at radius 3 is 2.79 bits per heavy atom. The van der Waals surface area contributed by atoms with Crippen molar-refractivity contribution in [3.63, 3.8) is 0 Å². The molecule has 2 unspecified atom stereocenters. The summed E-state index contributed by atoms with van der Waals surface area (Å²) < 4.78 is 1.01. The lowest BCUT2D eigenvalue weighted by Crippen LogP contribution is -2.37. The minimum Gasteiger partial charge on any atom is -0.381 e. The monoisotopic (exact) mass is 320 g/mol. The van der Waals surface area contributed by atoms with E-state index in [-0.39, 0.29) is 0 Å². The average molecular weight is 321 g/mol. The van der Waals surface area contributed by atoms with Gasteiger partial charge in [-0.1, -0.05) is 36.7 Å². The molecule has 2 rings (SSSR count). The highest BCUT2D eigenvalue weighted by Gasteiger charge is 2.32. The van der Waals surface area contributed by atoms with Crippen LogP contribution < -0.4 is 5.32 Å². The number of hydrogen-bond donors (Lipinski definition) is 1. The van der Waals surface area contributed by atoms with Gasteiger partial charge in [0.05, 0.1) is 11.3 Å². The number of benzene rings is 1. The minimum atomic E-state index is 0.451. The molecule has 0 radical (unpaired) electrons. The number of anilines is 1. The summed E-state index contributed by atoms with van der Waals surface area (Å²) in [6, 6.07) is 8.51. The molecule has 1 aromatic rings. The van der Waals surface area contributed by atoms with Crippen molar-refractivity contribution >= 4 is 21.6 Å². The van der Waals surface area contributed by atoms with E-state index in [1.807, 2.05) is 18.2 Å². The smallest absolute Gasteiger partial charge is 0.101 e. The third-order valence-corrected chi connectivity index (χ3v) is 4.63. The van der Waals surface area contributed by atoms with Gasteiger partial charge in [-0.25, -0.2) is 0 Å². The van der Waals surface area contributed by atoms with E-state index in [0.717, 1.165) is 15.7 Å². The molecule has 0 heterocycles. The molecule has 1 fully saturated rings. The molecular formula is C16H21BrN2. The molecule has 0 saturated heterocycles. The molecule has 2 atom stereocenters. The molecule has 0 aliphatic heterocycles. The molecule has 2 nitrogen and oxygen atoms in total. The van der Waals surface area contributed by atoms with Crippen LogP contribution in [-0.4, -0.2) is 6.04 Å². The predicted octanol–water partition coefficient (Wildman–Crippen LogP) is 4.95. The molecule has 1 aromatic carbocycles. The summed E-state index contributed by atoms with van der Waals surface area (Å²) in [6.45, 7) is 7.00. The summed E-state index contributed by atoms with van der Waals surface area (Å²) in [5.41, 5.74) is 2.13. The molecule has 19 heavy (non-hydrogen) atoms. The first-order valence-electron chi connectivity index (χ1n) is 6.87. The first-order chi connectivity index (χ1) is 8.91. The summed E-state index contributed by atoms with van der Waals surface area (Å²) in [5.74, 6) is 0.634. The normalized spacial score (nSPS) is 25.6. The number of hydrogen-bond acceptors (Lipinski definition) is 2. The van der Waals surface area contributed by atoms with Crippen LogP contribution >= 0.6 is 15.9 Å². The molecule has 0 bridgehead atoms. The van der Waals surface area contributed by atoms with Gasteiger partial charge < -0.3 is 5.32 Å². The molecule has 0 amide bonds. The van der Waals surface area contributed by atoms with Crippen molar-refractivity contribution < 1.29 is 0 Å². The Balaban J connectivity index is 2.14. The fourth-order valence-corrected chi connectivity index (χ4v) is 3.46. The minimum absolute atomic E-state index is 0.451. The van der Waals surface area contributed by atoms with Crippen LogP contribution in [0.2, 0.25) is 0 Å². The van der Waals surface area contributed by atoms with Crippen LogP contribution in [0.15, 0.2) is 22.7 Å². The topological polar surface area (TPSA) is 35.8 Å². The lowest BCUT2D eigenvalue weighted by molar-refractivity contribution is 0.177. The maximum absolute atomic E-state index is 9.18. The van der Waals surface area contributed by atoms with Gasteiger partial charge in [0, 0.05) is 10.5 Å². The fourth-order valence-electron chi connectivity index (χ4n) is 3.09. The van der Waals surface area contributed by atoms with Crippen molar-refractivity contribution in [2.75, 3.05) is 5.32 Å². The Kier molecular flexibility index (Phi) is 4.20. The largest absolute Gasteiger partial charge is 0.381 e. The van der Waals surface area contributed by atoms with E-state index in [0.29, 0.717) is 17.4 Å². The van der Waals surface area contributed by atoms with Crippen molar-refractivity contribution in [2.45, 2.75) is 46.1 Å². The molecule has 1 N–H and O–H groups in total. The van der Waals surface area contributed by atoms with Crippen LogP contribution in [0.25, 0.3) is 0 Å². The quantitative estimate of drug-likeness (QED) is 0.837. The highest BCUT2D eigenvalue weighted by Crippen LogP contribution is 2.39. The Morgan fingerprint density at radius 2 is 2.16 bits per heavy atom. The molecule has 0 spiro atoms. The Hall–Kier alpha value is -1.01. The van der Waals surface area contributed by atoms with Crippen LogP contribution in [0.3, 0.4) is 0 Å². The van der Waals surface area contributed by atoms with Gasteiger partial charge in [-0.3, -0.25) is 0 Å². The second kappa shape index (κ2) is 5.54. The van der Waals surface area contributed by atoms with Crippen LogP contribution in [-0.2, 0) is 0 Å². The van der Waals surface area contributed by atoms with Crippen LogP contribution in [0.5, 0.6) is 0 Å². The highest BCUT2D eigenvalue weighted by atomic mass is 79.9. The van der Waals surface area contributed by atoms with Gasteiger partial charge in [-0.2, -0.15) is 5.26 Å². The van der Waals surface area contributed by atoms with Crippen LogP contribution in [0, 0.1) is 22.7 Å². The zero-order valence-electron chi connectivity index (χ0n) is 11.8. The number of nitrogens with one attached hydrogen (secondary N) is 1. The first kappa shape index (κ1) is 14.4. The van der Waals surface area contributed by atoms with E-state index < -0.39 is 0 Å². The van der Waals surface area contributed by atoms with E-state index in [2.05, 4.69) is 48.1 Å². The van der Waals surface area contributed by atoms with Gasteiger partial charge in [0.15, 0.2) is 0 Å². The van der Waals surface area contributed by atoms with E-state index in [9.17, 15) is 5.26 Å². The summed E-state index contributed by atoms with van der Waals surface area (Å²) in [7, 11) is 0. The van der Waals surface area contributed by atoms with Crippen molar-refractivity contribution in [2.24, 2.45) is 11.3 Å². The third-order valence-electron chi connectivity index (χ3n) is 4.14. The van der Waals surface area contributed by atoms with E-state index in [1.165, 1.54) is 19.3 Å². The summed E-state index contributed by atoms with van der Waals surface area (Å²) >= 11 is 3.47. The molecule has 102 valence electrons. The lowest BCUT2D eigenvalue weighted by atomic mass is 9.70. The molecule has 1 aliphatic rings. The average Bonchev–Trinajstić information content (AvgIpc) is 2.32. The molecule has 1 aliphatic carbocycles. The lowest BCUT2D eigenvalue weighted by Gasteiger charge is -2.40. The summed E-state index contributed by atoms with van der Waals surface area (Å²) in [6.07, 6.45) is 3.65. The second-order valence-electron chi connectivity index (χ2n) is 6.44. The zero-order chi connectivity index (χ0) is 14.0. The van der Waals surface area contributed by atoms with Gasteiger partial charge in [0.2, 0.25) is 0 Å². The van der Waals surface area contributed by atoms with Crippen LogP contribution in [0.4, 0.5) is 5.69 Å². The van der Waals surface area contributed by atoms with Gasteiger partial charge >= 0.3 is 0 Å². The number of rotatable bonds is 2. The van der Waals surface area contributed by atoms with Gasteiger partial charge in [-0.15, -0.1) is 0 Å². The van der Waals surface area contributed by atoms with Crippen molar-refractivity contribution in [3.05, 3.63) is 28.2 Å². The van der Waals surface area contributed by atoms with E-state index >= 15 is 0 Å². The predicted molar refractivity (Wildman–Crippen MR) is 83.1 cm³/mol. The fraction of sp³-hybridized carbons (Fsp3) is 0.562. The summed E-state index contributed by atoms with van der Waals surface area (Å²) in [5, 5.41) is 12.8. The van der Waals surface area contributed by atoms with Crippen molar-refractivity contribution in [1.82, 2.24) is 0 Å². The molecule has 1 saturated carbocycles. The van der Waals surface area contributed by atoms with E-state index in [1.54, 1.807) is 0 Å². The Morgan fingerprint density at radius 1 is 1.42 bits per heavy atom. The number of halogens is 1. The van der Waals surface area contributed by atoms with Crippen LogP contribution in [0.1, 0.15) is 45.6 Å². The van der Waals surface area contributed by atoms with Gasteiger partial charge in [0.25, 0.3) is 0 Å². The molecular weight excluding hydrogens is 300 g/mol. The third kappa shape index (κ3) is 3.51. The second-order valence-corrected chi connectivity index (χ2v) is 7.35. The van der Waals surface area contributed by atoms with E-state index in [4.69, 9.17) is 0 Å². The maximum Gasteiger partial charge on any atom is 0.101 e. The SMILES string of the molecule is CC1CC(C)(C)CCC1Nc1cc(Br)ccc1C#N. The standard InChI is InChI=1S/C16H21BrN2/c1-11-9-16(2,3)7-6-14(11)19-15-8-13(17)5-4-12(15)10-18/h4-5,8,11,14,19H,6-7,9H2,1-3H3.